The number of benzene rings is 2. The lowest BCUT2D eigenvalue weighted by Crippen LogP contribution is -2.32. The van der Waals surface area contributed by atoms with Crippen molar-refractivity contribution in [2.45, 2.75) is 20.0 Å². The lowest BCUT2D eigenvalue weighted by molar-refractivity contribution is -0.123. The molecule has 3 aliphatic rings. The minimum absolute atomic E-state index is 0.0549. The standard InChI is InChI=1S/C24H19Cl2NO4/c1-12-9-14-10-16(12)21-20(14)22(28)27(23(21)29)15-7-5-13(6-8-15)24(30)31-11-17-18(25)3-2-4-19(17)26/h2-9,14,16,20-21H,10-11H2,1H3/t14-,16+,20-,21+/m0/s1. The summed E-state index contributed by atoms with van der Waals surface area (Å²) in [6, 6.07) is 11.4. The number of ether oxygens (including phenoxy) is 1. The molecule has 1 aliphatic heterocycles. The maximum absolute atomic E-state index is 13.0. The predicted octanol–water partition coefficient (Wildman–Crippen LogP) is 5.05. The number of carbonyl (C=O) groups is 3. The summed E-state index contributed by atoms with van der Waals surface area (Å²) in [5.41, 5.74) is 2.54. The summed E-state index contributed by atoms with van der Waals surface area (Å²) in [5, 5.41) is 0.844. The number of carbonyl (C=O) groups excluding carboxylic acids is 3. The predicted molar refractivity (Wildman–Crippen MR) is 117 cm³/mol. The van der Waals surface area contributed by atoms with Crippen molar-refractivity contribution in [2.24, 2.45) is 23.7 Å². The molecule has 2 bridgehead atoms. The summed E-state index contributed by atoms with van der Waals surface area (Å²) in [7, 11) is 0. The minimum Gasteiger partial charge on any atom is -0.457 e. The largest absolute Gasteiger partial charge is 0.457 e. The third kappa shape index (κ3) is 3.19. The second-order valence-corrected chi connectivity index (χ2v) is 9.12. The van der Waals surface area contributed by atoms with Crippen molar-refractivity contribution in [3.8, 4) is 0 Å². The van der Waals surface area contributed by atoms with Gasteiger partial charge in [0.15, 0.2) is 0 Å². The van der Waals surface area contributed by atoms with Crippen LogP contribution in [-0.4, -0.2) is 17.8 Å². The number of hydrogen-bond donors (Lipinski definition) is 0. The fraction of sp³-hybridized carbons (Fsp3) is 0.292. The highest BCUT2D eigenvalue weighted by Crippen LogP contribution is 2.55. The first-order valence-electron chi connectivity index (χ1n) is 10.1. The number of rotatable bonds is 4. The monoisotopic (exact) mass is 455 g/mol. The molecule has 31 heavy (non-hydrogen) atoms. The van der Waals surface area contributed by atoms with Gasteiger partial charge in [0, 0.05) is 15.6 Å². The molecule has 5 nitrogen and oxygen atoms in total. The van der Waals surface area contributed by atoms with E-state index in [0.29, 0.717) is 26.9 Å². The molecule has 2 aromatic rings. The van der Waals surface area contributed by atoms with Gasteiger partial charge in [-0.3, -0.25) is 14.5 Å². The van der Waals surface area contributed by atoms with Crippen LogP contribution in [0.15, 0.2) is 54.1 Å². The Morgan fingerprint density at radius 1 is 1.03 bits per heavy atom. The topological polar surface area (TPSA) is 63.7 Å². The second kappa shape index (κ2) is 7.50. The summed E-state index contributed by atoms with van der Waals surface area (Å²) >= 11 is 12.2. The summed E-state index contributed by atoms with van der Waals surface area (Å²) in [6.45, 7) is 1.98. The maximum atomic E-state index is 13.0. The van der Waals surface area contributed by atoms with Crippen molar-refractivity contribution in [1.29, 1.82) is 0 Å². The Morgan fingerprint density at radius 3 is 2.35 bits per heavy atom. The lowest BCUT2D eigenvalue weighted by atomic mass is 9.82. The number of allylic oxidation sites excluding steroid dienone is 2. The molecule has 7 heteroatoms. The normalized spacial score (nSPS) is 26.3. The van der Waals surface area contributed by atoms with Crippen LogP contribution in [0.3, 0.4) is 0 Å². The molecule has 0 radical (unpaired) electrons. The van der Waals surface area contributed by atoms with E-state index >= 15 is 0 Å². The van der Waals surface area contributed by atoms with Crippen LogP contribution < -0.4 is 4.90 Å². The zero-order chi connectivity index (χ0) is 21.9. The van der Waals surface area contributed by atoms with E-state index in [1.54, 1.807) is 42.5 Å². The Kier molecular flexibility index (Phi) is 4.91. The summed E-state index contributed by atoms with van der Waals surface area (Å²) < 4.78 is 5.33. The van der Waals surface area contributed by atoms with Crippen LogP contribution in [0.1, 0.15) is 29.3 Å². The number of amides is 2. The third-order valence-corrected chi connectivity index (χ3v) is 7.36. The number of imide groups is 1. The number of hydrogen-bond acceptors (Lipinski definition) is 4. The van der Waals surface area contributed by atoms with Crippen molar-refractivity contribution in [1.82, 2.24) is 0 Å². The van der Waals surface area contributed by atoms with E-state index < -0.39 is 5.97 Å². The van der Waals surface area contributed by atoms with Crippen LogP contribution >= 0.6 is 23.2 Å². The average molecular weight is 456 g/mol. The molecule has 0 aromatic heterocycles. The minimum atomic E-state index is -0.545. The lowest BCUT2D eigenvalue weighted by Gasteiger charge is -2.19. The van der Waals surface area contributed by atoms with Gasteiger partial charge in [0.1, 0.15) is 6.61 Å². The van der Waals surface area contributed by atoms with Gasteiger partial charge in [-0.05, 0) is 61.6 Å². The molecule has 2 fully saturated rings. The highest BCUT2D eigenvalue weighted by atomic mass is 35.5. The molecule has 158 valence electrons. The third-order valence-electron chi connectivity index (χ3n) is 6.65. The summed E-state index contributed by atoms with van der Waals surface area (Å²) in [4.78, 5) is 39.7. The Bertz CT molecular complexity index is 1120. The first kappa shape index (κ1) is 20.3. The van der Waals surface area contributed by atoms with Gasteiger partial charge >= 0.3 is 5.97 Å². The smallest absolute Gasteiger partial charge is 0.338 e. The number of nitrogens with zero attached hydrogens (tertiary/aromatic N) is 1. The highest BCUT2D eigenvalue weighted by Gasteiger charge is 2.60. The van der Waals surface area contributed by atoms with Crippen LogP contribution in [0.25, 0.3) is 0 Å². The fourth-order valence-electron chi connectivity index (χ4n) is 5.17. The molecule has 1 saturated carbocycles. The highest BCUT2D eigenvalue weighted by molar-refractivity contribution is 6.36. The van der Waals surface area contributed by atoms with Crippen molar-refractivity contribution < 1.29 is 19.1 Å². The molecule has 4 atom stereocenters. The molecule has 0 unspecified atom stereocenters. The maximum Gasteiger partial charge on any atom is 0.338 e. The molecule has 1 heterocycles. The van der Waals surface area contributed by atoms with Crippen molar-refractivity contribution in [3.05, 3.63) is 75.3 Å². The Morgan fingerprint density at radius 2 is 1.68 bits per heavy atom. The number of anilines is 1. The van der Waals surface area contributed by atoms with E-state index in [0.717, 1.165) is 6.42 Å². The molecule has 0 spiro atoms. The molecule has 2 aliphatic carbocycles. The van der Waals surface area contributed by atoms with Crippen molar-refractivity contribution in [3.63, 3.8) is 0 Å². The van der Waals surface area contributed by atoms with Gasteiger partial charge < -0.3 is 4.74 Å². The number of halogens is 2. The van der Waals surface area contributed by atoms with E-state index in [1.807, 2.05) is 6.92 Å². The molecule has 2 amide bonds. The first-order chi connectivity index (χ1) is 14.9. The van der Waals surface area contributed by atoms with Gasteiger partial charge in [-0.15, -0.1) is 0 Å². The van der Waals surface area contributed by atoms with Crippen molar-refractivity contribution >= 4 is 46.7 Å². The zero-order valence-electron chi connectivity index (χ0n) is 16.7. The number of fused-ring (bicyclic) bond motifs is 5. The van der Waals surface area contributed by atoms with Gasteiger partial charge in [-0.1, -0.05) is 40.9 Å². The zero-order valence-corrected chi connectivity index (χ0v) is 18.2. The number of esters is 1. The summed E-state index contributed by atoms with van der Waals surface area (Å²) in [6.07, 6.45) is 3.04. The molecule has 1 saturated heterocycles. The summed E-state index contributed by atoms with van der Waals surface area (Å²) in [5.74, 6) is -1.02. The molecule has 0 N–H and O–H groups in total. The van der Waals surface area contributed by atoms with Crippen LogP contribution in [0, 0.1) is 23.7 Å². The van der Waals surface area contributed by atoms with E-state index in [2.05, 4.69) is 6.08 Å². The van der Waals surface area contributed by atoms with E-state index in [-0.39, 0.29) is 42.1 Å². The van der Waals surface area contributed by atoms with Crippen LogP contribution in [0.2, 0.25) is 10.0 Å². The van der Waals surface area contributed by atoms with E-state index in [9.17, 15) is 14.4 Å². The molecule has 2 aromatic carbocycles. The van der Waals surface area contributed by atoms with Gasteiger partial charge in [0.05, 0.1) is 23.1 Å². The Balaban J connectivity index is 1.30. The van der Waals surface area contributed by atoms with Crippen LogP contribution in [0.5, 0.6) is 0 Å². The Hall–Kier alpha value is -2.63. The Labute approximate surface area is 189 Å². The van der Waals surface area contributed by atoms with Gasteiger partial charge in [0.25, 0.3) is 0 Å². The molecular weight excluding hydrogens is 437 g/mol. The molecular formula is C24H19Cl2NO4. The average Bonchev–Trinajstić information content (AvgIpc) is 3.38. The van der Waals surface area contributed by atoms with Gasteiger partial charge in [-0.2, -0.15) is 0 Å². The van der Waals surface area contributed by atoms with Gasteiger partial charge in [0.2, 0.25) is 11.8 Å². The second-order valence-electron chi connectivity index (χ2n) is 8.30. The van der Waals surface area contributed by atoms with E-state index in [1.165, 1.54) is 10.5 Å². The van der Waals surface area contributed by atoms with Gasteiger partial charge in [-0.25, -0.2) is 4.79 Å². The fourth-order valence-corrected chi connectivity index (χ4v) is 5.67. The van der Waals surface area contributed by atoms with Crippen LogP contribution in [0.4, 0.5) is 5.69 Å². The van der Waals surface area contributed by atoms with Crippen LogP contribution in [-0.2, 0) is 20.9 Å². The SMILES string of the molecule is CC1=C[C@H]2C[C@H]1[C@H]1C(=O)N(c3ccc(C(=O)OCc4c(Cl)cccc4Cl)cc3)C(=O)[C@H]12. The van der Waals surface area contributed by atoms with Crippen molar-refractivity contribution in [2.75, 3.05) is 4.90 Å². The van der Waals surface area contributed by atoms with E-state index in [4.69, 9.17) is 27.9 Å². The first-order valence-corrected chi connectivity index (χ1v) is 10.9. The quantitative estimate of drug-likeness (QED) is 0.367. The molecule has 5 rings (SSSR count).